The SMILES string of the molecule is CC(C)CNC(=O)C(=O)NCc1ccc(-c2noc(C(F)(F)F)n2)cc1. The summed E-state index contributed by atoms with van der Waals surface area (Å²) in [6.07, 6.45) is -4.70. The summed E-state index contributed by atoms with van der Waals surface area (Å²) in [5, 5.41) is 8.24. The van der Waals surface area contributed by atoms with Crippen molar-refractivity contribution in [1.82, 2.24) is 20.8 Å². The van der Waals surface area contributed by atoms with E-state index in [9.17, 15) is 22.8 Å². The molecule has 2 aromatic rings. The summed E-state index contributed by atoms with van der Waals surface area (Å²) in [6, 6.07) is 6.13. The van der Waals surface area contributed by atoms with Crippen molar-refractivity contribution in [2.75, 3.05) is 6.54 Å². The number of benzene rings is 1. The number of aromatic nitrogens is 2. The molecule has 1 aromatic heterocycles. The molecule has 0 fully saturated rings. The van der Waals surface area contributed by atoms with Crippen LogP contribution in [0.5, 0.6) is 0 Å². The first-order chi connectivity index (χ1) is 12.2. The van der Waals surface area contributed by atoms with Gasteiger partial charge in [-0.15, -0.1) is 0 Å². The number of carbonyl (C=O) groups is 2. The van der Waals surface area contributed by atoms with Crippen molar-refractivity contribution in [3.8, 4) is 11.4 Å². The molecule has 0 saturated heterocycles. The lowest BCUT2D eigenvalue weighted by Gasteiger charge is -2.08. The van der Waals surface area contributed by atoms with Gasteiger partial charge in [0.25, 0.3) is 0 Å². The van der Waals surface area contributed by atoms with Crippen LogP contribution in [0.2, 0.25) is 0 Å². The van der Waals surface area contributed by atoms with Crippen molar-refractivity contribution in [3.63, 3.8) is 0 Å². The molecule has 140 valence electrons. The molecule has 2 amide bonds. The predicted molar refractivity (Wildman–Crippen MR) is 84.4 cm³/mol. The van der Waals surface area contributed by atoms with E-state index >= 15 is 0 Å². The van der Waals surface area contributed by atoms with Gasteiger partial charge in [-0.3, -0.25) is 9.59 Å². The summed E-state index contributed by atoms with van der Waals surface area (Å²) in [4.78, 5) is 26.5. The van der Waals surface area contributed by atoms with Crippen LogP contribution < -0.4 is 10.6 Å². The van der Waals surface area contributed by atoms with Crippen molar-refractivity contribution >= 4 is 11.8 Å². The number of hydrogen-bond acceptors (Lipinski definition) is 5. The van der Waals surface area contributed by atoms with E-state index in [0.29, 0.717) is 17.7 Å². The molecule has 0 atom stereocenters. The van der Waals surface area contributed by atoms with Gasteiger partial charge in [-0.05, 0) is 11.5 Å². The van der Waals surface area contributed by atoms with Crippen molar-refractivity contribution in [2.45, 2.75) is 26.6 Å². The van der Waals surface area contributed by atoms with Crippen molar-refractivity contribution in [1.29, 1.82) is 0 Å². The molecule has 0 saturated carbocycles. The standard InChI is InChI=1S/C16H17F3N4O3/c1-9(2)7-20-13(24)14(25)21-8-10-3-5-11(6-4-10)12-22-15(26-23-12)16(17,18)19/h3-6,9H,7-8H2,1-2H3,(H,20,24)(H,21,25). The normalized spacial score (nSPS) is 11.5. The zero-order valence-electron chi connectivity index (χ0n) is 14.1. The zero-order valence-corrected chi connectivity index (χ0v) is 14.1. The molecule has 0 spiro atoms. The van der Waals surface area contributed by atoms with Crippen LogP contribution in [0.4, 0.5) is 13.2 Å². The molecule has 2 N–H and O–H groups in total. The van der Waals surface area contributed by atoms with Gasteiger partial charge in [-0.25, -0.2) is 0 Å². The Morgan fingerprint density at radius 1 is 1.12 bits per heavy atom. The molecule has 0 aliphatic rings. The lowest BCUT2D eigenvalue weighted by atomic mass is 10.1. The second-order valence-corrected chi connectivity index (χ2v) is 5.90. The van der Waals surface area contributed by atoms with E-state index in [0.717, 1.165) is 0 Å². The average Bonchev–Trinajstić information content (AvgIpc) is 3.08. The van der Waals surface area contributed by atoms with Gasteiger partial charge in [0, 0.05) is 18.7 Å². The number of amides is 2. The maximum Gasteiger partial charge on any atom is 0.471 e. The number of halogens is 3. The number of nitrogens with one attached hydrogen (secondary N) is 2. The number of rotatable bonds is 5. The van der Waals surface area contributed by atoms with Gasteiger partial charge in [0.05, 0.1) is 0 Å². The van der Waals surface area contributed by atoms with Crippen LogP contribution in [0, 0.1) is 5.92 Å². The second kappa shape index (κ2) is 7.98. The van der Waals surface area contributed by atoms with E-state index in [1.54, 1.807) is 12.1 Å². The van der Waals surface area contributed by atoms with E-state index in [2.05, 4.69) is 25.3 Å². The third-order valence-corrected chi connectivity index (χ3v) is 3.21. The molecule has 0 aliphatic carbocycles. The van der Waals surface area contributed by atoms with Gasteiger partial charge in [-0.1, -0.05) is 43.3 Å². The highest BCUT2D eigenvalue weighted by atomic mass is 19.4. The molecule has 7 nitrogen and oxygen atoms in total. The van der Waals surface area contributed by atoms with Crippen molar-refractivity contribution in [2.24, 2.45) is 5.92 Å². The fourth-order valence-electron chi connectivity index (χ4n) is 1.87. The second-order valence-electron chi connectivity index (χ2n) is 5.90. The maximum absolute atomic E-state index is 12.5. The maximum atomic E-state index is 12.5. The van der Waals surface area contributed by atoms with Gasteiger partial charge in [0.2, 0.25) is 5.82 Å². The van der Waals surface area contributed by atoms with Crippen LogP contribution in [0.25, 0.3) is 11.4 Å². The smallest absolute Gasteiger partial charge is 0.348 e. The summed E-state index contributed by atoms with van der Waals surface area (Å²) in [5.74, 6) is -2.87. The minimum atomic E-state index is -4.70. The molecule has 0 unspecified atom stereocenters. The van der Waals surface area contributed by atoms with Gasteiger partial charge >= 0.3 is 23.9 Å². The molecular weight excluding hydrogens is 353 g/mol. The fourth-order valence-corrected chi connectivity index (χ4v) is 1.87. The quantitative estimate of drug-likeness (QED) is 0.786. The Balaban J connectivity index is 1.92. The molecule has 0 bridgehead atoms. The largest absolute Gasteiger partial charge is 0.471 e. The van der Waals surface area contributed by atoms with Gasteiger partial charge in [-0.2, -0.15) is 18.2 Å². The highest BCUT2D eigenvalue weighted by Gasteiger charge is 2.38. The number of alkyl halides is 3. The first-order valence-electron chi connectivity index (χ1n) is 7.73. The van der Waals surface area contributed by atoms with Crippen LogP contribution in [0.15, 0.2) is 28.8 Å². The Bertz CT molecular complexity index is 770. The summed E-state index contributed by atoms with van der Waals surface area (Å²) in [7, 11) is 0. The summed E-state index contributed by atoms with van der Waals surface area (Å²) in [5.41, 5.74) is 0.979. The van der Waals surface area contributed by atoms with E-state index in [1.165, 1.54) is 12.1 Å². The van der Waals surface area contributed by atoms with E-state index in [-0.39, 0.29) is 18.3 Å². The minimum Gasteiger partial charge on any atom is -0.348 e. The summed E-state index contributed by atoms with van der Waals surface area (Å²) >= 11 is 0. The van der Waals surface area contributed by atoms with Gasteiger partial charge in [0.1, 0.15) is 0 Å². The monoisotopic (exact) mass is 370 g/mol. The summed E-state index contributed by atoms with van der Waals surface area (Å²) < 4.78 is 41.5. The van der Waals surface area contributed by atoms with Crippen molar-refractivity contribution in [3.05, 3.63) is 35.7 Å². The molecule has 10 heteroatoms. The molecular formula is C16H17F3N4O3. The lowest BCUT2D eigenvalue weighted by Crippen LogP contribution is -2.40. The van der Waals surface area contributed by atoms with Gasteiger partial charge in [0.15, 0.2) is 0 Å². The Labute approximate surface area is 147 Å². The molecule has 0 radical (unpaired) electrons. The predicted octanol–water partition coefficient (Wildman–Crippen LogP) is 2.14. The first-order valence-corrected chi connectivity index (χ1v) is 7.73. The average molecular weight is 370 g/mol. The molecule has 2 rings (SSSR count). The number of carbonyl (C=O) groups excluding carboxylic acids is 2. The fraction of sp³-hybridized carbons (Fsp3) is 0.375. The van der Waals surface area contributed by atoms with Gasteiger partial charge < -0.3 is 15.2 Å². The molecule has 0 aliphatic heterocycles. The Morgan fingerprint density at radius 3 is 2.27 bits per heavy atom. The van der Waals surface area contributed by atoms with E-state index in [4.69, 9.17) is 0 Å². The number of hydrogen-bond donors (Lipinski definition) is 2. The molecule has 1 heterocycles. The number of nitrogens with zero attached hydrogens (tertiary/aromatic N) is 2. The van der Waals surface area contributed by atoms with Crippen molar-refractivity contribution < 1.29 is 27.3 Å². The minimum absolute atomic E-state index is 0.0915. The third kappa shape index (κ3) is 5.30. The molecule has 26 heavy (non-hydrogen) atoms. The topological polar surface area (TPSA) is 97.1 Å². The molecule has 1 aromatic carbocycles. The van der Waals surface area contributed by atoms with Crippen LogP contribution >= 0.6 is 0 Å². The Kier molecular flexibility index (Phi) is 5.96. The Morgan fingerprint density at radius 2 is 1.73 bits per heavy atom. The highest BCUT2D eigenvalue weighted by molar-refractivity contribution is 6.35. The van der Waals surface area contributed by atoms with Crippen LogP contribution in [-0.2, 0) is 22.3 Å². The van der Waals surface area contributed by atoms with E-state index in [1.807, 2.05) is 13.8 Å². The van der Waals surface area contributed by atoms with Crippen LogP contribution in [0.3, 0.4) is 0 Å². The van der Waals surface area contributed by atoms with E-state index < -0.39 is 23.9 Å². The van der Waals surface area contributed by atoms with Crippen LogP contribution in [0.1, 0.15) is 25.3 Å². The summed E-state index contributed by atoms with van der Waals surface area (Å²) in [6.45, 7) is 4.29. The first kappa shape index (κ1) is 19.4. The highest BCUT2D eigenvalue weighted by Crippen LogP contribution is 2.29. The third-order valence-electron chi connectivity index (χ3n) is 3.21. The van der Waals surface area contributed by atoms with Crippen LogP contribution in [-0.4, -0.2) is 28.5 Å². The Hall–Kier alpha value is -2.91. The lowest BCUT2D eigenvalue weighted by molar-refractivity contribution is -0.159. The zero-order chi connectivity index (χ0) is 19.3.